The molecular weight excluding hydrogens is 661 g/mol. The van der Waals surface area contributed by atoms with E-state index in [4.69, 9.17) is 18.5 Å². The quantitative estimate of drug-likeness (QED) is 0.0219. The third-order valence-corrected chi connectivity index (χ3v) is 10.3. The fourth-order valence-electron chi connectivity index (χ4n) is 5.96. The third kappa shape index (κ3) is 40.3. The summed E-state index contributed by atoms with van der Waals surface area (Å²) in [5.74, 6) is -0.319. The van der Waals surface area contributed by atoms with Crippen molar-refractivity contribution < 1.29 is 37.3 Å². The first kappa shape index (κ1) is 50.2. The van der Waals surface area contributed by atoms with Crippen LogP contribution in [0.4, 0.5) is 0 Å². The molecule has 0 fully saturated rings. The van der Waals surface area contributed by atoms with Crippen molar-refractivity contribution in [2.24, 2.45) is 0 Å². The van der Waals surface area contributed by atoms with Gasteiger partial charge in [-0.05, 0) is 38.5 Å². The van der Waals surface area contributed by atoms with Crippen LogP contribution in [-0.4, -0.2) is 75.6 Å². The summed E-state index contributed by atoms with van der Waals surface area (Å²) in [5.41, 5.74) is 0. The number of likely N-dealkylation sites (N-methyl/N-ethyl adjacent to an activating group) is 1. The van der Waals surface area contributed by atoms with Crippen LogP contribution in [0.25, 0.3) is 0 Å². The molecule has 0 heterocycles. The van der Waals surface area contributed by atoms with Crippen LogP contribution >= 0.6 is 7.82 Å². The van der Waals surface area contributed by atoms with Gasteiger partial charge in [-0.15, -0.1) is 0 Å². The number of carbonyl (C=O) groups is 1. The number of hydrogen-bond acceptors (Lipinski definition) is 6. The van der Waals surface area contributed by atoms with E-state index in [0.717, 1.165) is 38.5 Å². The van der Waals surface area contributed by atoms with Gasteiger partial charge in [0.25, 0.3) is 0 Å². The van der Waals surface area contributed by atoms with E-state index in [1.165, 1.54) is 135 Å². The molecule has 1 unspecified atom stereocenters. The van der Waals surface area contributed by atoms with Gasteiger partial charge < -0.3 is 18.9 Å². The lowest BCUT2D eigenvalue weighted by atomic mass is 10.0. The molecule has 51 heavy (non-hydrogen) atoms. The molecule has 0 aliphatic rings. The molecule has 2 atom stereocenters. The number of phosphoric ester groups is 1. The van der Waals surface area contributed by atoms with Crippen molar-refractivity contribution in [1.29, 1.82) is 0 Å². The van der Waals surface area contributed by atoms with Crippen LogP contribution in [0.5, 0.6) is 0 Å². The molecule has 0 radical (unpaired) electrons. The Bertz CT molecular complexity index is 833. The van der Waals surface area contributed by atoms with Gasteiger partial charge in [0.15, 0.2) is 0 Å². The number of phosphoric acid groups is 1. The second kappa shape index (κ2) is 36.2. The molecule has 0 spiro atoms. The van der Waals surface area contributed by atoms with Gasteiger partial charge in [0.2, 0.25) is 0 Å². The van der Waals surface area contributed by atoms with Gasteiger partial charge in [0, 0.05) is 13.0 Å². The molecular formula is C42H85NO7P+. The first-order valence-corrected chi connectivity index (χ1v) is 22.9. The van der Waals surface area contributed by atoms with E-state index in [1.54, 1.807) is 0 Å². The van der Waals surface area contributed by atoms with Crippen LogP contribution in [0.3, 0.4) is 0 Å². The largest absolute Gasteiger partial charge is 0.472 e. The predicted molar refractivity (Wildman–Crippen MR) is 215 cm³/mol. The minimum Gasteiger partial charge on any atom is -0.457 e. The maximum absolute atomic E-state index is 12.7. The second-order valence-corrected chi connectivity index (χ2v) is 17.2. The number of allylic oxidation sites excluding steroid dienone is 2. The summed E-state index contributed by atoms with van der Waals surface area (Å²) >= 11 is 0. The van der Waals surface area contributed by atoms with Gasteiger partial charge in [-0.2, -0.15) is 0 Å². The molecule has 0 aromatic heterocycles. The topological polar surface area (TPSA) is 91.3 Å². The van der Waals surface area contributed by atoms with Crippen LogP contribution in [0.15, 0.2) is 12.2 Å². The molecule has 0 saturated heterocycles. The maximum Gasteiger partial charge on any atom is 0.472 e. The van der Waals surface area contributed by atoms with Crippen LogP contribution in [0.1, 0.15) is 194 Å². The highest BCUT2D eigenvalue weighted by molar-refractivity contribution is 7.47. The Morgan fingerprint density at radius 3 is 1.49 bits per heavy atom. The Labute approximate surface area is 316 Å². The number of esters is 1. The first-order valence-electron chi connectivity index (χ1n) is 21.4. The zero-order valence-corrected chi connectivity index (χ0v) is 35.3. The average molecular weight is 747 g/mol. The van der Waals surface area contributed by atoms with Crippen LogP contribution in [0, 0.1) is 0 Å². The number of carbonyl (C=O) groups excluding carboxylic acids is 1. The molecule has 304 valence electrons. The number of rotatable bonds is 40. The molecule has 1 N–H and O–H groups in total. The Morgan fingerprint density at radius 1 is 0.588 bits per heavy atom. The van der Waals surface area contributed by atoms with Crippen molar-refractivity contribution in [2.75, 3.05) is 54.1 Å². The summed E-state index contributed by atoms with van der Waals surface area (Å²) in [6, 6.07) is 0. The van der Waals surface area contributed by atoms with Gasteiger partial charge in [-0.25, -0.2) is 4.57 Å². The van der Waals surface area contributed by atoms with E-state index >= 15 is 0 Å². The lowest BCUT2D eigenvalue weighted by Crippen LogP contribution is -2.37. The Morgan fingerprint density at radius 2 is 1.02 bits per heavy atom. The van der Waals surface area contributed by atoms with Gasteiger partial charge in [-0.1, -0.05) is 161 Å². The minimum absolute atomic E-state index is 0.0901. The summed E-state index contributed by atoms with van der Waals surface area (Å²) < 4.78 is 35.0. The third-order valence-electron chi connectivity index (χ3n) is 9.33. The maximum atomic E-state index is 12.7. The zero-order valence-electron chi connectivity index (χ0n) is 34.4. The van der Waals surface area contributed by atoms with E-state index in [1.807, 2.05) is 21.1 Å². The Balaban J connectivity index is 4.24. The first-order chi connectivity index (χ1) is 24.6. The van der Waals surface area contributed by atoms with Crippen molar-refractivity contribution in [3.8, 4) is 0 Å². The van der Waals surface area contributed by atoms with Crippen molar-refractivity contribution in [3.63, 3.8) is 0 Å². The number of unbranched alkanes of at least 4 members (excludes halogenated alkanes) is 24. The van der Waals surface area contributed by atoms with E-state index in [9.17, 15) is 14.3 Å². The zero-order chi connectivity index (χ0) is 37.7. The van der Waals surface area contributed by atoms with E-state index < -0.39 is 13.9 Å². The highest BCUT2D eigenvalue weighted by Crippen LogP contribution is 2.43. The molecule has 0 rings (SSSR count). The molecule has 8 nitrogen and oxygen atoms in total. The summed E-state index contributed by atoms with van der Waals surface area (Å²) in [4.78, 5) is 22.8. The number of hydrogen-bond donors (Lipinski definition) is 1. The molecule has 0 bridgehead atoms. The van der Waals surface area contributed by atoms with Crippen molar-refractivity contribution in [1.82, 2.24) is 0 Å². The molecule has 0 aliphatic carbocycles. The Kier molecular flexibility index (Phi) is 35.7. The fourth-order valence-corrected chi connectivity index (χ4v) is 6.70. The minimum atomic E-state index is -4.27. The molecule has 0 aromatic rings. The van der Waals surface area contributed by atoms with Gasteiger partial charge in [0.1, 0.15) is 19.3 Å². The lowest BCUT2D eigenvalue weighted by molar-refractivity contribution is -0.870. The van der Waals surface area contributed by atoms with E-state index in [0.29, 0.717) is 24.1 Å². The number of quaternary nitrogens is 1. The SMILES string of the molecule is CCCCCCCC/C=C/CCCCCCCC(=O)O[C@H](COCCCCCCCCCCCCCCCC)COP(=O)(O)OCC[N+](C)(C)C. The summed E-state index contributed by atoms with van der Waals surface area (Å²) in [7, 11) is 1.67. The van der Waals surface area contributed by atoms with E-state index in [-0.39, 0.29) is 25.8 Å². The number of nitrogens with zero attached hydrogens (tertiary/aromatic N) is 1. The number of ether oxygens (including phenoxy) is 2. The predicted octanol–water partition coefficient (Wildman–Crippen LogP) is 12.3. The molecule has 0 saturated carbocycles. The van der Waals surface area contributed by atoms with Gasteiger partial charge >= 0.3 is 13.8 Å². The van der Waals surface area contributed by atoms with Crippen LogP contribution in [0.2, 0.25) is 0 Å². The lowest BCUT2D eigenvalue weighted by Gasteiger charge is -2.24. The molecule has 9 heteroatoms. The van der Waals surface area contributed by atoms with Crippen LogP contribution < -0.4 is 0 Å². The molecule has 0 aromatic carbocycles. The Hall–Kier alpha value is -0.760. The molecule has 0 amide bonds. The van der Waals surface area contributed by atoms with Crippen molar-refractivity contribution in [2.45, 2.75) is 200 Å². The smallest absolute Gasteiger partial charge is 0.457 e. The summed E-state index contributed by atoms with van der Waals surface area (Å²) in [6.45, 7) is 5.64. The van der Waals surface area contributed by atoms with Crippen molar-refractivity contribution in [3.05, 3.63) is 12.2 Å². The van der Waals surface area contributed by atoms with Gasteiger partial charge in [-0.3, -0.25) is 13.8 Å². The van der Waals surface area contributed by atoms with Gasteiger partial charge in [0.05, 0.1) is 34.4 Å². The highest BCUT2D eigenvalue weighted by atomic mass is 31.2. The highest BCUT2D eigenvalue weighted by Gasteiger charge is 2.26. The van der Waals surface area contributed by atoms with Crippen LogP contribution in [-0.2, 0) is 27.9 Å². The molecule has 0 aliphatic heterocycles. The second-order valence-electron chi connectivity index (χ2n) is 15.7. The fraction of sp³-hybridized carbons (Fsp3) is 0.929. The van der Waals surface area contributed by atoms with Crippen molar-refractivity contribution >= 4 is 13.8 Å². The summed E-state index contributed by atoms with van der Waals surface area (Å²) in [6.07, 6.45) is 38.0. The monoisotopic (exact) mass is 747 g/mol. The summed E-state index contributed by atoms with van der Waals surface area (Å²) in [5, 5.41) is 0. The standard InChI is InChI=1S/C42H84NO7P/c1-6-8-10-12-14-16-18-20-22-23-25-27-29-31-33-35-42(44)50-41(40-49-51(45,46)48-38-36-43(3,4)5)39-47-37-34-32-30-28-26-24-21-19-17-15-13-11-9-7-2/h20,22,41H,6-19,21,23-40H2,1-5H3/p+1/b22-20+/t41-/m1/s1. The van der Waals surface area contributed by atoms with E-state index in [2.05, 4.69) is 26.0 Å². The normalized spacial score (nSPS) is 13.9. The average Bonchev–Trinajstić information content (AvgIpc) is 3.08.